The predicted molar refractivity (Wildman–Crippen MR) is 109 cm³/mol. The SMILES string of the molecule is CCc1cnc(N2CCC3(CC2)OC(C(=O)N2CCOCC2)Cn2ccnc23)nc1. The van der Waals surface area contributed by atoms with Crippen molar-refractivity contribution in [1.29, 1.82) is 0 Å². The molecule has 2 aromatic rings. The summed E-state index contributed by atoms with van der Waals surface area (Å²) in [6.07, 6.45) is 9.49. The number of aryl methyl sites for hydroxylation is 1. The highest BCUT2D eigenvalue weighted by Gasteiger charge is 2.48. The van der Waals surface area contributed by atoms with Crippen LogP contribution in [0.1, 0.15) is 31.2 Å². The summed E-state index contributed by atoms with van der Waals surface area (Å²) in [5.74, 6) is 1.73. The van der Waals surface area contributed by atoms with Crippen LogP contribution >= 0.6 is 0 Å². The highest BCUT2D eigenvalue weighted by molar-refractivity contribution is 5.81. The Balaban J connectivity index is 1.33. The molecule has 160 valence electrons. The van der Waals surface area contributed by atoms with E-state index in [-0.39, 0.29) is 5.91 Å². The molecule has 2 saturated heterocycles. The van der Waals surface area contributed by atoms with Crippen LogP contribution in [-0.2, 0) is 32.8 Å². The Bertz CT molecular complexity index is 884. The van der Waals surface area contributed by atoms with Gasteiger partial charge >= 0.3 is 0 Å². The molecule has 0 aliphatic carbocycles. The maximum absolute atomic E-state index is 13.1. The molecular formula is C21H28N6O3. The van der Waals surface area contributed by atoms with E-state index in [2.05, 4.69) is 31.3 Å². The number of ether oxygens (including phenoxy) is 2. The summed E-state index contributed by atoms with van der Waals surface area (Å²) < 4.78 is 14.0. The van der Waals surface area contributed by atoms with Crippen LogP contribution in [0.2, 0.25) is 0 Å². The number of fused-ring (bicyclic) bond motifs is 2. The van der Waals surface area contributed by atoms with E-state index in [4.69, 9.17) is 9.47 Å². The third-order valence-corrected chi connectivity index (χ3v) is 6.41. The molecule has 2 aromatic heterocycles. The molecular weight excluding hydrogens is 384 g/mol. The first-order chi connectivity index (χ1) is 14.7. The van der Waals surface area contributed by atoms with E-state index in [1.165, 1.54) is 0 Å². The van der Waals surface area contributed by atoms with Crippen LogP contribution in [0.15, 0.2) is 24.8 Å². The summed E-state index contributed by atoms with van der Waals surface area (Å²) in [5, 5.41) is 0. The number of aromatic nitrogens is 4. The molecule has 1 atom stereocenters. The van der Waals surface area contributed by atoms with Gasteiger partial charge in [-0.2, -0.15) is 0 Å². The van der Waals surface area contributed by atoms with Crippen LogP contribution in [0, 0.1) is 0 Å². The van der Waals surface area contributed by atoms with Gasteiger partial charge in [-0.1, -0.05) is 6.92 Å². The standard InChI is InChI=1S/C21H28N6O3/c1-2-16-13-23-20(24-14-16)26-6-3-21(4-7-26)19-22-5-8-27(19)15-17(30-21)18(28)25-9-11-29-12-10-25/h5,8,13-14,17H,2-4,6-7,9-12,15H2,1H3. The molecule has 30 heavy (non-hydrogen) atoms. The van der Waals surface area contributed by atoms with Crippen LogP contribution in [0.5, 0.6) is 0 Å². The van der Waals surface area contributed by atoms with Crippen LogP contribution in [-0.4, -0.2) is 75.8 Å². The van der Waals surface area contributed by atoms with Gasteiger partial charge in [-0.15, -0.1) is 0 Å². The fourth-order valence-corrected chi connectivity index (χ4v) is 4.62. The molecule has 1 unspecified atom stereocenters. The molecule has 2 fully saturated rings. The summed E-state index contributed by atoms with van der Waals surface area (Å²) in [7, 11) is 0. The van der Waals surface area contributed by atoms with Crippen LogP contribution in [0.25, 0.3) is 0 Å². The summed E-state index contributed by atoms with van der Waals surface area (Å²) in [6, 6.07) is 0. The molecule has 0 radical (unpaired) electrons. The van der Waals surface area contributed by atoms with Crippen molar-refractivity contribution in [3.63, 3.8) is 0 Å². The van der Waals surface area contributed by atoms with Gasteiger partial charge in [-0.25, -0.2) is 15.0 Å². The van der Waals surface area contributed by atoms with Gasteiger partial charge in [0.05, 0.1) is 19.8 Å². The van der Waals surface area contributed by atoms with Crippen LogP contribution < -0.4 is 4.90 Å². The van der Waals surface area contributed by atoms with Gasteiger partial charge in [0.1, 0.15) is 11.4 Å². The Kier molecular flexibility index (Phi) is 5.16. The zero-order chi connectivity index (χ0) is 20.6. The van der Waals surface area contributed by atoms with Gasteiger partial charge < -0.3 is 23.8 Å². The maximum Gasteiger partial charge on any atom is 0.253 e. The number of anilines is 1. The van der Waals surface area contributed by atoms with Crippen molar-refractivity contribution < 1.29 is 14.3 Å². The molecule has 9 nitrogen and oxygen atoms in total. The Morgan fingerprint density at radius 3 is 2.57 bits per heavy atom. The van der Waals surface area contributed by atoms with E-state index >= 15 is 0 Å². The molecule has 0 aromatic carbocycles. The van der Waals surface area contributed by atoms with E-state index in [1.807, 2.05) is 23.5 Å². The molecule has 5 heterocycles. The summed E-state index contributed by atoms with van der Waals surface area (Å²) >= 11 is 0. The monoisotopic (exact) mass is 412 g/mol. The van der Waals surface area contributed by atoms with Gasteiger partial charge in [0.15, 0.2) is 6.10 Å². The first-order valence-electron chi connectivity index (χ1n) is 10.8. The van der Waals surface area contributed by atoms with Crippen molar-refractivity contribution >= 4 is 11.9 Å². The molecule has 3 aliphatic rings. The zero-order valence-corrected chi connectivity index (χ0v) is 17.4. The number of morpholine rings is 1. The quantitative estimate of drug-likeness (QED) is 0.743. The number of amides is 1. The molecule has 0 bridgehead atoms. The largest absolute Gasteiger partial charge is 0.378 e. The number of carbonyl (C=O) groups is 1. The average Bonchev–Trinajstić information content (AvgIpc) is 3.30. The van der Waals surface area contributed by atoms with E-state index in [0.717, 1.165) is 49.7 Å². The highest BCUT2D eigenvalue weighted by Crippen LogP contribution is 2.40. The summed E-state index contributed by atoms with van der Waals surface area (Å²) in [6.45, 7) is 6.56. The lowest BCUT2D eigenvalue weighted by atomic mass is 9.88. The molecule has 1 amide bonds. The maximum atomic E-state index is 13.1. The smallest absolute Gasteiger partial charge is 0.253 e. The molecule has 0 N–H and O–H groups in total. The van der Waals surface area contributed by atoms with Crippen molar-refractivity contribution in [2.45, 2.75) is 44.4 Å². The lowest BCUT2D eigenvalue weighted by Gasteiger charge is -2.46. The predicted octanol–water partition coefficient (Wildman–Crippen LogP) is 0.989. The average molecular weight is 412 g/mol. The van der Waals surface area contributed by atoms with E-state index < -0.39 is 11.7 Å². The minimum absolute atomic E-state index is 0.0537. The van der Waals surface area contributed by atoms with Gasteiger partial charge in [-0.05, 0) is 12.0 Å². The van der Waals surface area contributed by atoms with Crippen LogP contribution in [0.3, 0.4) is 0 Å². The number of piperidine rings is 1. The van der Waals surface area contributed by atoms with Crippen molar-refractivity contribution in [1.82, 2.24) is 24.4 Å². The minimum atomic E-state index is -0.547. The Morgan fingerprint density at radius 1 is 1.13 bits per heavy atom. The van der Waals surface area contributed by atoms with Crippen molar-refractivity contribution in [3.05, 3.63) is 36.2 Å². The summed E-state index contributed by atoms with van der Waals surface area (Å²) in [4.78, 5) is 30.8. The van der Waals surface area contributed by atoms with Gasteiger partial charge in [0.25, 0.3) is 5.91 Å². The van der Waals surface area contributed by atoms with E-state index in [0.29, 0.717) is 32.8 Å². The second-order valence-corrected chi connectivity index (χ2v) is 8.17. The molecule has 0 saturated carbocycles. The number of carbonyl (C=O) groups excluding carboxylic acids is 1. The van der Waals surface area contributed by atoms with E-state index in [9.17, 15) is 4.79 Å². The number of imidazole rings is 1. The fourth-order valence-electron chi connectivity index (χ4n) is 4.62. The van der Waals surface area contributed by atoms with Gasteiger partial charge in [-0.3, -0.25) is 4.79 Å². The normalized spacial score (nSPS) is 23.4. The highest BCUT2D eigenvalue weighted by atomic mass is 16.5. The lowest BCUT2D eigenvalue weighted by molar-refractivity contribution is -0.178. The first-order valence-corrected chi connectivity index (χ1v) is 10.8. The molecule has 1 spiro atoms. The topological polar surface area (TPSA) is 85.6 Å². The Hall–Kier alpha value is -2.52. The minimum Gasteiger partial charge on any atom is -0.378 e. The van der Waals surface area contributed by atoms with Crippen molar-refractivity contribution in [2.24, 2.45) is 0 Å². The second kappa shape index (κ2) is 7.96. The van der Waals surface area contributed by atoms with Crippen molar-refractivity contribution in [3.8, 4) is 0 Å². The summed E-state index contributed by atoms with van der Waals surface area (Å²) in [5.41, 5.74) is 0.586. The first kappa shape index (κ1) is 19.4. The van der Waals surface area contributed by atoms with Gasteiger partial charge in [0, 0.05) is 63.8 Å². The Labute approximate surface area is 176 Å². The van der Waals surface area contributed by atoms with Gasteiger partial charge in [0.2, 0.25) is 5.95 Å². The lowest BCUT2D eigenvalue weighted by Crippen LogP contribution is -2.56. The molecule has 9 heteroatoms. The second-order valence-electron chi connectivity index (χ2n) is 8.17. The Morgan fingerprint density at radius 2 is 1.87 bits per heavy atom. The third kappa shape index (κ3) is 3.45. The molecule has 5 rings (SSSR count). The third-order valence-electron chi connectivity index (χ3n) is 6.41. The number of hydrogen-bond donors (Lipinski definition) is 0. The number of rotatable bonds is 3. The number of hydrogen-bond acceptors (Lipinski definition) is 7. The molecule has 3 aliphatic heterocycles. The zero-order valence-electron chi connectivity index (χ0n) is 17.4. The van der Waals surface area contributed by atoms with Crippen LogP contribution in [0.4, 0.5) is 5.95 Å². The number of nitrogens with zero attached hydrogens (tertiary/aromatic N) is 6. The fraction of sp³-hybridized carbons (Fsp3) is 0.619. The van der Waals surface area contributed by atoms with E-state index in [1.54, 1.807) is 6.20 Å². The van der Waals surface area contributed by atoms with Crippen molar-refractivity contribution in [2.75, 3.05) is 44.3 Å².